The first kappa shape index (κ1) is 14.9. The molecule has 2 N–H and O–H groups in total. The van der Waals surface area contributed by atoms with E-state index >= 15 is 0 Å². The molecule has 0 unspecified atom stereocenters. The van der Waals surface area contributed by atoms with E-state index in [1.807, 2.05) is 0 Å². The molecule has 0 bridgehead atoms. The summed E-state index contributed by atoms with van der Waals surface area (Å²) in [5, 5.41) is 23.1. The van der Waals surface area contributed by atoms with Gasteiger partial charge in [0.1, 0.15) is 0 Å². The van der Waals surface area contributed by atoms with Crippen molar-refractivity contribution >= 4 is 0 Å². The zero-order valence-electron chi connectivity index (χ0n) is 9.97. The van der Waals surface area contributed by atoms with Gasteiger partial charge in [0.15, 0.2) is 0 Å². The van der Waals surface area contributed by atoms with Crippen LogP contribution < -0.4 is 10.6 Å². The van der Waals surface area contributed by atoms with Crippen molar-refractivity contribution in [2.24, 2.45) is 0 Å². The number of unbranched alkanes of at least 4 members (excludes halogenated alkanes) is 3. The Hall–Kier alpha value is -1.10. The SMILES string of the molecule is N#CCCNCCCCCCNCCC#N. The van der Waals surface area contributed by atoms with Gasteiger partial charge in [-0.1, -0.05) is 12.8 Å². The average Bonchev–Trinajstić information content (AvgIpc) is 2.31. The van der Waals surface area contributed by atoms with Crippen LogP contribution in [0.2, 0.25) is 0 Å². The van der Waals surface area contributed by atoms with Gasteiger partial charge in [-0.15, -0.1) is 0 Å². The van der Waals surface area contributed by atoms with Crippen LogP contribution in [-0.4, -0.2) is 26.2 Å². The molecule has 0 aromatic heterocycles. The Bertz CT molecular complexity index is 190. The van der Waals surface area contributed by atoms with E-state index in [0.717, 1.165) is 26.2 Å². The van der Waals surface area contributed by atoms with Gasteiger partial charge in [0.05, 0.1) is 12.1 Å². The van der Waals surface area contributed by atoms with Gasteiger partial charge in [0, 0.05) is 25.9 Å². The molecule has 0 aliphatic rings. The largest absolute Gasteiger partial charge is 0.316 e. The van der Waals surface area contributed by atoms with Gasteiger partial charge in [0.2, 0.25) is 0 Å². The van der Waals surface area contributed by atoms with Crippen LogP contribution in [0.15, 0.2) is 0 Å². The molecule has 0 radical (unpaired) electrons. The molecule has 0 saturated heterocycles. The molecule has 0 aliphatic carbocycles. The topological polar surface area (TPSA) is 71.6 Å². The maximum absolute atomic E-state index is 8.31. The highest BCUT2D eigenvalue weighted by molar-refractivity contribution is 4.70. The first-order valence-electron chi connectivity index (χ1n) is 6.07. The summed E-state index contributed by atoms with van der Waals surface area (Å²) in [4.78, 5) is 0. The van der Waals surface area contributed by atoms with Gasteiger partial charge < -0.3 is 10.6 Å². The lowest BCUT2D eigenvalue weighted by Crippen LogP contribution is -2.17. The van der Waals surface area contributed by atoms with Crippen LogP contribution in [-0.2, 0) is 0 Å². The van der Waals surface area contributed by atoms with E-state index in [2.05, 4.69) is 22.8 Å². The molecular weight excluding hydrogens is 200 g/mol. The lowest BCUT2D eigenvalue weighted by atomic mass is 10.2. The van der Waals surface area contributed by atoms with Gasteiger partial charge in [-0.3, -0.25) is 0 Å². The second kappa shape index (κ2) is 13.9. The third-order valence-corrected chi connectivity index (χ3v) is 2.28. The molecular formula is C12H22N4. The molecule has 0 aromatic carbocycles. The van der Waals surface area contributed by atoms with Crippen LogP contribution in [0.4, 0.5) is 0 Å². The van der Waals surface area contributed by atoms with E-state index < -0.39 is 0 Å². The van der Waals surface area contributed by atoms with E-state index in [9.17, 15) is 0 Å². The summed E-state index contributed by atoms with van der Waals surface area (Å²) in [5.41, 5.74) is 0. The summed E-state index contributed by atoms with van der Waals surface area (Å²) in [6, 6.07) is 4.22. The van der Waals surface area contributed by atoms with Crippen molar-refractivity contribution in [1.82, 2.24) is 10.6 Å². The highest BCUT2D eigenvalue weighted by Gasteiger charge is 1.91. The average molecular weight is 222 g/mol. The minimum atomic E-state index is 0.600. The summed E-state index contributed by atoms with van der Waals surface area (Å²) in [7, 11) is 0. The van der Waals surface area contributed by atoms with Gasteiger partial charge >= 0.3 is 0 Å². The van der Waals surface area contributed by atoms with E-state index in [4.69, 9.17) is 10.5 Å². The van der Waals surface area contributed by atoms with Crippen LogP contribution >= 0.6 is 0 Å². The number of nitrogens with zero attached hydrogens (tertiary/aromatic N) is 2. The van der Waals surface area contributed by atoms with Crippen LogP contribution in [0, 0.1) is 22.7 Å². The molecule has 0 fully saturated rings. The van der Waals surface area contributed by atoms with Crippen LogP contribution in [0.3, 0.4) is 0 Å². The molecule has 4 heteroatoms. The van der Waals surface area contributed by atoms with E-state index in [-0.39, 0.29) is 0 Å². The van der Waals surface area contributed by atoms with Crippen LogP contribution in [0.5, 0.6) is 0 Å². The normalized spacial score (nSPS) is 9.62. The van der Waals surface area contributed by atoms with Crippen molar-refractivity contribution in [3.05, 3.63) is 0 Å². The summed E-state index contributed by atoms with van der Waals surface area (Å²) in [6.45, 7) is 3.66. The lowest BCUT2D eigenvalue weighted by molar-refractivity contribution is 0.568. The molecule has 0 atom stereocenters. The molecule has 0 amide bonds. The smallest absolute Gasteiger partial charge is 0.0635 e. The first-order valence-corrected chi connectivity index (χ1v) is 6.07. The van der Waals surface area contributed by atoms with Crippen molar-refractivity contribution in [2.75, 3.05) is 26.2 Å². The third-order valence-electron chi connectivity index (χ3n) is 2.28. The lowest BCUT2D eigenvalue weighted by Gasteiger charge is -2.03. The second-order valence-electron chi connectivity index (χ2n) is 3.73. The minimum Gasteiger partial charge on any atom is -0.316 e. The molecule has 0 aromatic rings. The molecule has 0 rings (SSSR count). The highest BCUT2D eigenvalue weighted by Crippen LogP contribution is 1.97. The molecule has 90 valence electrons. The van der Waals surface area contributed by atoms with Gasteiger partial charge in [-0.2, -0.15) is 10.5 Å². The Morgan fingerprint density at radius 3 is 1.44 bits per heavy atom. The fraction of sp³-hybridized carbons (Fsp3) is 0.833. The van der Waals surface area contributed by atoms with Gasteiger partial charge in [-0.25, -0.2) is 0 Å². The number of hydrogen-bond acceptors (Lipinski definition) is 4. The van der Waals surface area contributed by atoms with Gasteiger partial charge in [-0.05, 0) is 25.9 Å². The molecule has 16 heavy (non-hydrogen) atoms. The predicted octanol–water partition coefficient (Wildman–Crippen LogP) is 1.55. The predicted molar refractivity (Wildman–Crippen MR) is 64.7 cm³/mol. The Morgan fingerprint density at radius 2 is 1.06 bits per heavy atom. The summed E-state index contributed by atoms with van der Waals surface area (Å²) < 4.78 is 0. The Kier molecular flexibility index (Phi) is 12.9. The maximum atomic E-state index is 8.31. The monoisotopic (exact) mass is 222 g/mol. The molecule has 4 nitrogen and oxygen atoms in total. The van der Waals surface area contributed by atoms with Crippen molar-refractivity contribution in [1.29, 1.82) is 10.5 Å². The third kappa shape index (κ3) is 12.9. The van der Waals surface area contributed by atoms with E-state index in [0.29, 0.717) is 12.8 Å². The van der Waals surface area contributed by atoms with Crippen LogP contribution in [0.1, 0.15) is 38.5 Å². The highest BCUT2D eigenvalue weighted by atomic mass is 14.8. The standard InChI is InChI=1S/C12H22N4/c13-7-5-11-15-9-3-1-2-4-10-16-12-6-8-14/h15-16H,1-6,9-12H2. The fourth-order valence-electron chi connectivity index (χ4n) is 1.39. The van der Waals surface area contributed by atoms with Crippen molar-refractivity contribution in [3.8, 4) is 12.1 Å². The first-order chi connectivity index (χ1) is 7.91. The number of rotatable bonds is 11. The Morgan fingerprint density at radius 1 is 0.625 bits per heavy atom. The molecule has 0 aliphatic heterocycles. The Labute approximate surface area is 98.6 Å². The zero-order valence-corrected chi connectivity index (χ0v) is 9.97. The van der Waals surface area contributed by atoms with Crippen LogP contribution in [0.25, 0.3) is 0 Å². The van der Waals surface area contributed by atoms with Crippen molar-refractivity contribution < 1.29 is 0 Å². The van der Waals surface area contributed by atoms with E-state index in [1.165, 1.54) is 25.7 Å². The Balaban J connectivity index is 2.89. The zero-order chi connectivity index (χ0) is 11.9. The van der Waals surface area contributed by atoms with Crippen molar-refractivity contribution in [2.45, 2.75) is 38.5 Å². The van der Waals surface area contributed by atoms with E-state index in [1.54, 1.807) is 0 Å². The summed E-state index contributed by atoms with van der Waals surface area (Å²) >= 11 is 0. The number of hydrogen-bond donors (Lipinski definition) is 2. The second-order valence-corrected chi connectivity index (χ2v) is 3.73. The molecule has 0 heterocycles. The summed E-state index contributed by atoms with van der Waals surface area (Å²) in [5.74, 6) is 0. The number of nitrogens with one attached hydrogen (secondary N) is 2. The molecule has 0 saturated carbocycles. The molecule has 0 spiro atoms. The minimum absolute atomic E-state index is 0.600. The van der Waals surface area contributed by atoms with Gasteiger partial charge in [0.25, 0.3) is 0 Å². The number of nitriles is 2. The fourth-order valence-corrected chi connectivity index (χ4v) is 1.39. The maximum Gasteiger partial charge on any atom is 0.0635 e. The summed E-state index contributed by atoms with van der Waals surface area (Å²) in [6.07, 6.45) is 6.04. The van der Waals surface area contributed by atoms with Crippen molar-refractivity contribution in [3.63, 3.8) is 0 Å². The quantitative estimate of drug-likeness (QED) is 0.520.